The Morgan fingerprint density at radius 2 is 1.33 bits per heavy atom. The molecule has 0 radical (unpaired) electrons. The lowest BCUT2D eigenvalue weighted by atomic mass is 9.80. The third-order valence-corrected chi connectivity index (χ3v) is 9.19. The van der Waals surface area contributed by atoms with Gasteiger partial charge in [0.2, 0.25) is 0 Å². The highest BCUT2D eigenvalue weighted by atomic mass is 16.7. The Labute approximate surface area is 295 Å². The molecule has 5 rings (SSSR count). The van der Waals surface area contributed by atoms with E-state index < -0.39 is 133 Å². The predicted octanol–water partition coefficient (Wildman–Crippen LogP) is -3.54. The van der Waals surface area contributed by atoms with Crippen LogP contribution < -0.4 is 5.11 Å². The van der Waals surface area contributed by atoms with Gasteiger partial charge in [-0.2, -0.15) is 0 Å². The minimum atomic E-state index is -2.90. The van der Waals surface area contributed by atoms with Crippen LogP contribution in [0, 0.1) is 0 Å². The van der Waals surface area contributed by atoms with Crippen molar-refractivity contribution in [3.05, 3.63) is 53.6 Å². The summed E-state index contributed by atoms with van der Waals surface area (Å²) in [6.45, 7) is 1.98. The number of rotatable bonds is 9. The molecule has 3 saturated heterocycles. The molecule has 3 aliphatic heterocycles. The first kappa shape index (κ1) is 39.5. The number of esters is 1. The SMILES string of the molecule is C[C@@H]1O[C@@H](O[C@@H]2[C@@H](O)[C@@H](O)[C@H](O[C@@H]3[C@@H](COC(=O)/C=C/c4ccc(O)c(O)c4)O[C@@H]([O-])[C@@](O)(c4ccc(O)c(O)c4)[C@H]3O)O[C@H]2C)[C@H](O)[C@H](O)[C@H]1O. The van der Waals surface area contributed by atoms with Gasteiger partial charge in [-0.1, -0.05) is 12.1 Å². The van der Waals surface area contributed by atoms with Crippen molar-refractivity contribution in [2.75, 3.05) is 6.61 Å². The molecule has 3 heterocycles. The van der Waals surface area contributed by atoms with Gasteiger partial charge in [-0.3, -0.25) is 0 Å². The van der Waals surface area contributed by atoms with Gasteiger partial charge in [-0.15, -0.1) is 0 Å². The van der Waals surface area contributed by atoms with Gasteiger partial charge < -0.3 is 89.7 Å². The second kappa shape index (κ2) is 15.7. The van der Waals surface area contributed by atoms with Gasteiger partial charge >= 0.3 is 5.97 Å². The Balaban J connectivity index is 1.35. The molecular formula is C33H41O19-. The van der Waals surface area contributed by atoms with Gasteiger partial charge in [0.05, 0.1) is 12.2 Å². The van der Waals surface area contributed by atoms with Gasteiger partial charge in [-0.05, 0) is 55.3 Å². The third-order valence-electron chi connectivity index (χ3n) is 9.19. The number of aliphatic hydroxyl groups excluding tert-OH is 6. The van der Waals surface area contributed by atoms with Crippen molar-refractivity contribution >= 4 is 12.0 Å². The molecule has 11 N–H and O–H groups in total. The number of hydrogen-bond acceptors (Lipinski definition) is 19. The summed E-state index contributed by atoms with van der Waals surface area (Å²) in [5.74, 6) is -3.22. The minimum Gasteiger partial charge on any atom is -0.829 e. The Bertz CT molecular complexity index is 1590. The van der Waals surface area contributed by atoms with Gasteiger partial charge in [0, 0.05) is 12.4 Å². The van der Waals surface area contributed by atoms with Crippen molar-refractivity contribution in [2.45, 2.75) is 105 Å². The fourth-order valence-corrected chi connectivity index (χ4v) is 6.07. The number of carbonyl (C=O) groups excluding carboxylic acids is 1. The molecule has 0 bridgehead atoms. The molecule has 2 aromatic carbocycles. The lowest BCUT2D eigenvalue weighted by molar-refractivity contribution is -0.558. The second-order valence-corrected chi connectivity index (χ2v) is 12.8. The van der Waals surface area contributed by atoms with Crippen molar-refractivity contribution in [2.24, 2.45) is 0 Å². The number of carbonyl (C=O) groups is 1. The van der Waals surface area contributed by atoms with Crippen LogP contribution in [-0.2, 0) is 38.8 Å². The zero-order valence-electron chi connectivity index (χ0n) is 27.6. The molecule has 0 amide bonds. The van der Waals surface area contributed by atoms with E-state index in [4.69, 9.17) is 28.4 Å². The van der Waals surface area contributed by atoms with Gasteiger partial charge in [0.1, 0.15) is 67.1 Å². The molecule has 15 atom stereocenters. The quantitative estimate of drug-likeness (QED) is 0.0674. The number of hydrogen-bond donors (Lipinski definition) is 11. The lowest BCUT2D eigenvalue weighted by Gasteiger charge is -2.54. The van der Waals surface area contributed by atoms with Crippen LogP contribution in [0.5, 0.6) is 23.0 Å². The molecule has 0 aliphatic carbocycles. The monoisotopic (exact) mass is 741 g/mol. The molecule has 0 unspecified atom stereocenters. The molecule has 288 valence electrons. The fourth-order valence-electron chi connectivity index (χ4n) is 6.07. The number of phenolic OH excluding ortho intramolecular Hbond substituents is 4. The standard InChI is InChI=1S/C33H41O19/c1-12-22(39)23(40)25(42)30(48-12)51-27-13(2)49-31(26(43)24(27)41)52-28-20(11-47-21(38)8-4-14-3-6-16(34)18(36)9-14)50-32(45)33(46,29(28)44)15-5-7-17(35)19(37)10-15/h3-10,12-13,20,22-32,34-37,39-44,46H,11H2,1-2H3/q-1/b8-4+/t12-,13-,20+,22-,23+,24-,25+,26+,27-,28+,29-,30-,31-,32+,33+/m0/s1. The molecular weight excluding hydrogens is 700 g/mol. The van der Waals surface area contributed by atoms with Crippen molar-refractivity contribution < 1.29 is 94.5 Å². The van der Waals surface area contributed by atoms with E-state index >= 15 is 0 Å². The summed E-state index contributed by atoms with van der Waals surface area (Å²) in [6.07, 6.45) is -21.9. The zero-order chi connectivity index (χ0) is 38.2. The zero-order valence-corrected chi connectivity index (χ0v) is 27.6. The lowest BCUT2D eigenvalue weighted by Crippen LogP contribution is -2.70. The maximum atomic E-state index is 13.3. The van der Waals surface area contributed by atoms with Crippen LogP contribution in [0.3, 0.4) is 0 Å². The van der Waals surface area contributed by atoms with Gasteiger partial charge in [-0.25, -0.2) is 4.79 Å². The summed E-state index contributed by atoms with van der Waals surface area (Å²) >= 11 is 0. The Morgan fingerprint density at radius 1 is 0.750 bits per heavy atom. The van der Waals surface area contributed by atoms with Gasteiger partial charge in [0.25, 0.3) is 0 Å². The average Bonchev–Trinajstić information content (AvgIpc) is 3.11. The minimum absolute atomic E-state index is 0.297. The van der Waals surface area contributed by atoms with Crippen LogP contribution in [0.1, 0.15) is 25.0 Å². The first-order chi connectivity index (χ1) is 24.4. The molecule has 52 heavy (non-hydrogen) atoms. The number of aliphatic hydroxyl groups is 7. The van der Waals surface area contributed by atoms with E-state index in [1.54, 1.807) is 0 Å². The first-order valence-corrected chi connectivity index (χ1v) is 16.1. The molecule has 3 aliphatic rings. The van der Waals surface area contributed by atoms with E-state index in [-0.39, 0.29) is 0 Å². The molecule has 0 aromatic heterocycles. The molecule has 0 spiro atoms. The second-order valence-electron chi connectivity index (χ2n) is 12.8. The highest BCUT2D eigenvalue weighted by Crippen LogP contribution is 2.41. The van der Waals surface area contributed by atoms with E-state index in [0.717, 1.165) is 30.3 Å². The Morgan fingerprint density at radius 3 is 1.96 bits per heavy atom. The normalized spacial score (nSPS) is 39.7. The molecule has 19 heteroatoms. The number of phenols is 4. The van der Waals surface area contributed by atoms with Crippen LogP contribution in [-0.4, -0.2) is 155 Å². The summed E-state index contributed by atoms with van der Waals surface area (Å²) in [4.78, 5) is 12.6. The third kappa shape index (κ3) is 7.82. The van der Waals surface area contributed by atoms with Crippen LogP contribution in [0.25, 0.3) is 6.08 Å². The molecule has 0 saturated carbocycles. The van der Waals surface area contributed by atoms with Crippen LogP contribution in [0.2, 0.25) is 0 Å². The summed E-state index contributed by atoms with van der Waals surface area (Å²) in [7, 11) is 0. The maximum absolute atomic E-state index is 13.3. The van der Waals surface area contributed by atoms with Gasteiger partial charge in [0.15, 0.2) is 35.6 Å². The first-order valence-electron chi connectivity index (χ1n) is 16.1. The number of ether oxygens (including phenoxy) is 6. The predicted molar refractivity (Wildman–Crippen MR) is 167 cm³/mol. The molecule has 19 nitrogen and oxygen atoms in total. The van der Waals surface area contributed by atoms with Crippen LogP contribution in [0.4, 0.5) is 0 Å². The van der Waals surface area contributed by atoms with E-state index in [9.17, 15) is 66.1 Å². The molecule has 2 aromatic rings. The summed E-state index contributed by atoms with van der Waals surface area (Å²) in [6, 6.07) is 6.48. The van der Waals surface area contributed by atoms with E-state index in [0.29, 0.717) is 5.56 Å². The smallest absolute Gasteiger partial charge is 0.330 e. The molecule has 3 fully saturated rings. The Hall–Kier alpha value is -3.67. The van der Waals surface area contributed by atoms with Crippen molar-refractivity contribution in [1.82, 2.24) is 0 Å². The largest absolute Gasteiger partial charge is 0.829 e. The van der Waals surface area contributed by atoms with Crippen LogP contribution in [0.15, 0.2) is 42.5 Å². The highest BCUT2D eigenvalue weighted by Gasteiger charge is 2.56. The van der Waals surface area contributed by atoms with Crippen molar-refractivity contribution in [3.63, 3.8) is 0 Å². The van der Waals surface area contributed by atoms with Crippen molar-refractivity contribution in [1.29, 1.82) is 0 Å². The van der Waals surface area contributed by atoms with E-state index in [2.05, 4.69) is 0 Å². The number of aromatic hydroxyl groups is 4. The van der Waals surface area contributed by atoms with E-state index in [1.807, 2.05) is 0 Å². The van der Waals surface area contributed by atoms with Crippen LogP contribution >= 0.6 is 0 Å². The highest BCUT2D eigenvalue weighted by molar-refractivity contribution is 5.87. The Kier molecular flexibility index (Phi) is 12.0. The van der Waals surface area contributed by atoms with Crippen molar-refractivity contribution in [3.8, 4) is 23.0 Å². The summed E-state index contributed by atoms with van der Waals surface area (Å²) < 4.78 is 33.3. The summed E-state index contributed by atoms with van der Waals surface area (Å²) in [5.41, 5.74) is -3.02. The maximum Gasteiger partial charge on any atom is 0.330 e. The summed E-state index contributed by atoms with van der Waals surface area (Å²) in [5, 5.41) is 128. The fraction of sp³-hybridized carbons (Fsp3) is 0.545. The topological polar surface area (TPSA) is 318 Å². The number of benzene rings is 2. The average molecular weight is 742 g/mol. The van der Waals surface area contributed by atoms with E-state index in [1.165, 1.54) is 32.1 Å².